The second kappa shape index (κ2) is 11.1. The summed E-state index contributed by atoms with van der Waals surface area (Å²) in [6, 6.07) is 18.0. The van der Waals surface area contributed by atoms with Gasteiger partial charge in [0.05, 0.1) is 0 Å². The van der Waals surface area contributed by atoms with Crippen LogP contribution < -0.4 is 15.5 Å². The molecule has 9 heteroatoms. The van der Waals surface area contributed by atoms with Crippen molar-refractivity contribution in [3.8, 4) is 0 Å². The molecule has 0 aliphatic carbocycles. The fraction of sp³-hybridized carbons (Fsp3) is 0.333. The van der Waals surface area contributed by atoms with Crippen LogP contribution in [-0.2, 0) is 22.6 Å². The Labute approximate surface area is 192 Å². The Morgan fingerprint density at radius 1 is 0.970 bits per heavy atom. The summed E-state index contributed by atoms with van der Waals surface area (Å²) in [7, 11) is 0. The zero-order valence-corrected chi connectivity index (χ0v) is 18.4. The summed E-state index contributed by atoms with van der Waals surface area (Å²) in [5.74, 6) is 0.412. The summed E-state index contributed by atoms with van der Waals surface area (Å²) < 4.78 is 5.31. The molecule has 2 heterocycles. The molecule has 2 aromatic carbocycles. The number of nitrogens with zero attached hydrogens (tertiary/aromatic N) is 3. The average molecular weight is 449 g/mol. The van der Waals surface area contributed by atoms with Gasteiger partial charge in [0.2, 0.25) is 17.8 Å². The lowest BCUT2D eigenvalue weighted by Gasteiger charge is -2.24. The number of alkyl carbamates (subject to hydrolysis) is 1. The Bertz CT molecular complexity index is 1030. The number of H-pyrrole nitrogens is 1. The van der Waals surface area contributed by atoms with Crippen LogP contribution in [0, 0.1) is 0 Å². The summed E-state index contributed by atoms with van der Waals surface area (Å²) >= 11 is 0. The topological polar surface area (TPSA) is 112 Å². The van der Waals surface area contributed by atoms with E-state index in [9.17, 15) is 9.59 Å². The van der Waals surface area contributed by atoms with E-state index in [1.165, 1.54) is 6.42 Å². The molecule has 0 spiro atoms. The van der Waals surface area contributed by atoms with Crippen molar-refractivity contribution in [2.75, 3.05) is 23.3 Å². The molecule has 3 N–H and O–H groups in total. The minimum absolute atomic E-state index is 0.119. The molecule has 1 saturated heterocycles. The number of aromatic nitrogens is 3. The highest BCUT2D eigenvalue weighted by atomic mass is 16.5. The van der Waals surface area contributed by atoms with E-state index in [2.05, 4.69) is 30.7 Å². The van der Waals surface area contributed by atoms with Gasteiger partial charge in [-0.2, -0.15) is 4.98 Å². The lowest BCUT2D eigenvalue weighted by molar-refractivity contribution is -0.118. The van der Waals surface area contributed by atoms with Gasteiger partial charge < -0.3 is 15.0 Å². The van der Waals surface area contributed by atoms with Crippen LogP contribution >= 0.6 is 0 Å². The number of anilines is 2. The predicted octanol–water partition coefficient (Wildman–Crippen LogP) is 3.27. The molecule has 1 unspecified atom stereocenters. The van der Waals surface area contributed by atoms with Crippen LogP contribution in [0.4, 0.5) is 16.7 Å². The van der Waals surface area contributed by atoms with E-state index in [1.54, 1.807) is 0 Å². The predicted molar refractivity (Wildman–Crippen MR) is 125 cm³/mol. The Kier molecular flexibility index (Phi) is 7.52. The summed E-state index contributed by atoms with van der Waals surface area (Å²) in [5, 5.41) is 12.4. The number of nitrogens with one attached hydrogen (secondary N) is 3. The number of benzene rings is 2. The first kappa shape index (κ1) is 22.3. The lowest BCUT2D eigenvalue weighted by atomic mass is 10.1. The van der Waals surface area contributed by atoms with Gasteiger partial charge >= 0.3 is 6.09 Å². The molecule has 0 saturated carbocycles. The van der Waals surface area contributed by atoms with Gasteiger partial charge in [0.25, 0.3) is 0 Å². The standard InChI is InChI=1S/C24H28N6O3/c31-21(26-22-27-23(29-28-22)30-14-8-3-9-15-30)20(16-18-10-4-1-5-11-18)25-24(32)33-17-19-12-6-2-7-13-19/h1-2,4-7,10-13,20H,3,8-9,14-17H2,(H,25,32)(H2,26,27,28,29,31). The molecule has 2 amide bonds. The van der Waals surface area contributed by atoms with E-state index in [1.807, 2.05) is 60.7 Å². The number of piperidine rings is 1. The SMILES string of the molecule is O=C(NC(Cc1ccccc1)C(=O)Nc1nc(N2CCCCC2)n[nH]1)OCc1ccccc1. The van der Waals surface area contributed by atoms with Crippen molar-refractivity contribution in [2.24, 2.45) is 0 Å². The van der Waals surface area contributed by atoms with Crippen LogP contribution in [-0.4, -0.2) is 46.3 Å². The lowest BCUT2D eigenvalue weighted by Crippen LogP contribution is -2.45. The van der Waals surface area contributed by atoms with E-state index in [4.69, 9.17) is 4.74 Å². The first-order valence-corrected chi connectivity index (χ1v) is 11.2. The number of amides is 2. The number of carbonyl (C=O) groups is 2. The van der Waals surface area contributed by atoms with Crippen LogP contribution in [0.2, 0.25) is 0 Å². The molecule has 33 heavy (non-hydrogen) atoms. The normalized spacial score (nSPS) is 14.4. The molecule has 9 nitrogen and oxygen atoms in total. The zero-order valence-electron chi connectivity index (χ0n) is 18.4. The van der Waals surface area contributed by atoms with Gasteiger partial charge in [0, 0.05) is 19.5 Å². The van der Waals surface area contributed by atoms with Gasteiger partial charge in [-0.15, -0.1) is 5.10 Å². The highest BCUT2D eigenvalue weighted by molar-refractivity contribution is 5.95. The van der Waals surface area contributed by atoms with E-state index in [0.717, 1.165) is 37.1 Å². The van der Waals surface area contributed by atoms with Gasteiger partial charge in [-0.25, -0.2) is 9.89 Å². The largest absolute Gasteiger partial charge is 0.445 e. The quantitative estimate of drug-likeness (QED) is 0.488. The molecular weight excluding hydrogens is 420 g/mol. The van der Waals surface area contributed by atoms with Crippen LogP contribution in [0.1, 0.15) is 30.4 Å². The highest BCUT2D eigenvalue weighted by Gasteiger charge is 2.24. The molecule has 1 aromatic heterocycles. The summed E-state index contributed by atoms with van der Waals surface area (Å²) in [4.78, 5) is 32.0. The summed E-state index contributed by atoms with van der Waals surface area (Å²) in [6.07, 6.45) is 3.05. The number of carbonyl (C=O) groups excluding carboxylic acids is 2. The number of ether oxygens (including phenoxy) is 1. The molecule has 1 aliphatic heterocycles. The maximum Gasteiger partial charge on any atom is 0.408 e. The first-order valence-electron chi connectivity index (χ1n) is 11.2. The van der Waals surface area contributed by atoms with Gasteiger partial charge in [-0.3, -0.25) is 10.1 Å². The Morgan fingerprint density at radius 3 is 2.33 bits per heavy atom. The van der Waals surface area contributed by atoms with Crippen molar-refractivity contribution in [3.05, 3.63) is 71.8 Å². The Hall–Kier alpha value is -3.88. The van der Waals surface area contributed by atoms with Crippen LogP contribution in [0.15, 0.2) is 60.7 Å². The smallest absolute Gasteiger partial charge is 0.408 e. The van der Waals surface area contributed by atoms with Crippen molar-refractivity contribution < 1.29 is 14.3 Å². The molecule has 172 valence electrons. The Morgan fingerprint density at radius 2 is 1.64 bits per heavy atom. The minimum atomic E-state index is -0.848. The van der Waals surface area contributed by atoms with E-state index < -0.39 is 18.0 Å². The second-order valence-corrected chi connectivity index (χ2v) is 7.97. The zero-order chi connectivity index (χ0) is 22.9. The van der Waals surface area contributed by atoms with Crippen molar-refractivity contribution in [3.63, 3.8) is 0 Å². The van der Waals surface area contributed by atoms with Crippen LogP contribution in [0.5, 0.6) is 0 Å². The van der Waals surface area contributed by atoms with E-state index in [-0.39, 0.29) is 12.6 Å². The van der Waals surface area contributed by atoms with Gasteiger partial charge in [-0.1, -0.05) is 60.7 Å². The molecule has 3 aromatic rings. The highest BCUT2D eigenvalue weighted by Crippen LogP contribution is 2.16. The molecule has 1 atom stereocenters. The Balaban J connectivity index is 1.39. The fourth-order valence-corrected chi connectivity index (χ4v) is 3.71. The maximum absolute atomic E-state index is 13.0. The molecule has 1 aliphatic rings. The van der Waals surface area contributed by atoms with Crippen LogP contribution in [0.3, 0.4) is 0 Å². The average Bonchev–Trinajstić information content (AvgIpc) is 3.33. The van der Waals surface area contributed by atoms with Crippen molar-refractivity contribution in [1.29, 1.82) is 0 Å². The van der Waals surface area contributed by atoms with Crippen molar-refractivity contribution in [1.82, 2.24) is 20.5 Å². The van der Waals surface area contributed by atoms with Gasteiger partial charge in [0.15, 0.2) is 0 Å². The molecule has 0 radical (unpaired) electrons. The third-order valence-corrected chi connectivity index (χ3v) is 5.46. The van der Waals surface area contributed by atoms with E-state index >= 15 is 0 Å². The minimum Gasteiger partial charge on any atom is -0.445 e. The number of hydrogen-bond acceptors (Lipinski definition) is 6. The van der Waals surface area contributed by atoms with Crippen molar-refractivity contribution >= 4 is 23.9 Å². The first-order chi connectivity index (χ1) is 16.2. The molecule has 1 fully saturated rings. The summed E-state index contributed by atoms with van der Waals surface area (Å²) in [5.41, 5.74) is 1.77. The molecular formula is C24H28N6O3. The van der Waals surface area contributed by atoms with E-state index in [0.29, 0.717) is 12.4 Å². The number of rotatable bonds is 8. The number of aromatic amines is 1. The maximum atomic E-state index is 13.0. The monoisotopic (exact) mass is 448 g/mol. The van der Waals surface area contributed by atoms with Crippen LogP contribution in [0.25, 0.3) is 0 Å². The number of hydrogen-bond donors (Lipinski definition) is 3. The molecule has 4 rings (SSSR count). The third-order valence-electron chi connectivity index (χ3n) is 5.46. The van der Waals surface area contributed by atoms with Gasteiger partial charge in [0.1, 0.15) is 12.6 Å². The fourth-order valence-electron chi connectivity index (χ4n) is 3.71. The second-order valence-electron chi connectivity index (χ2n) is 7.97. The molecule has 0 bridgehead atoms. The summed E-state index contributed by atoms with van der Waals surface area (Å²) in [6.45, 7) is 1.92. The van der Waals surface area contributed by atoms with Gasteiger partial charge in [-0.05, 0) is 30.4 Å². The van der Waals surface area contributed by atoms with Crippen molar-refractivity contribution in [2.45, 2.75) is 38.3 Å². The third kappa shape index (κ3) is 6.55.